The summed E-state index contributed by atoms with van der Waals surface area (Å²) in [4.78, 5) is 29.0. The van der Waals surface area contributed by atoms with Crippen molar-refractivity contribution in [2.75, 3.05) is 45.0 Å². The van der Waals surface area contributed by atoms with Gasteiger partial charge >= 0.3 is 0 Å². The lowest BCUT2D eigenvalue weighted by Gasteiger charge is -2.21. The molecule has 1 unspecified atom stereocenters. The smallest absolute Gasteiger partial charge is 0.227 e. The van der Waals surface area contributed by atoms with E-state index in [0.717, 1.165) is 41.6 Å². The number of rotatable bonds is 11. The van der Waals surface area contributed by atoms with Crippen LogP contribution in [0, 0.1) is 6.92 Å². The Kier molecular flexibility index (Phi) is 9.34. The maximum Gasteiger partial charge on any atom is 0.227 e. The number of hydrogen-bond donors (Lipinski definition) is 2. The third-order valence-corrected chi connectivity index (χ3v) is 8.51. The van der Waals surface area contributed by atoms with Crippen LogP contribution in [0.1, 0.15) is 24.0 Å². The van der Waals surface area contributed by atoms with Gasteiger partial charge in [-0.3, -0.25) is 4.79 Å². The summed E-state index contributed by atoms with van der Waals surface area (Å²) in [6.07, 6.45) is 5.52. The second-order valence-corrected chi connectivity index (χ2v) is 11.3. The Morgan fingerprint density at radius 3 is 2.56 bits per heavy atom. The number of carbonyl (C=O) groups is 1. The van der Waals surface area contributed by atoms with E-state index in [1.165, 1.54) is 20.3 Å². The number of hydrogen-bond acceptors (Lipinski definition) is 9. The largest absolute Gasteiger partial charge is 0.495 e. The fourth-order valence-corrected chi connectivity index (χ4v) is 6.03. The zero-order chi connectivity index (χ0) is 30.7. The number of aryl methyl sites for hydroxylation is 1. The van der Waals surface area contributed by atoms with Gasteiger partial charge in [-0.1, -0.05) is 48.0 Å². The normalized spacial score (nSPS) is 15.0. The first-order valence-electron chi connectivity index (χ1n) is 14.0. The van der Waals surface area contributed by atoms with Crippen LogP contribution in [0.4, 0.5) is 17.5 Å². The van der Waals surface area contributed by atoms with Crippen molar-refractivity contribution in [1.82, 2.24) is 19.9 Å². The molecule has 1 saturated heterocycles. The number of para-hydroxylation sites is 1. The quantitative estimate of drug-likeness (QED) is 0.174. The van der Waals surface area contributed by atoms with Gasteiger partial charge in [0.1, 0.15) is 17.0 Å². The molecule has 11 heteroatoms. The molecule has 2 aromatic heterocycles. The summed E-state index contributed by atoms with van der Waals surface area (Å²) >= 11 is 13.5. The predicted molar refractivity (Wildman–Crippen MR) is 173 cm³/mol. The zero-order valence-corrected chi connectivity index (χ0v) is 26.1. The standard InChI is InChI=1S/C32H34Cl2N6O3/c1-6-22(41)13-19-10-7-9-18(2)29(19)38-32-36-16-20-14-23(26-27(33)24(42-4)15-25(43-5)28(26)34)37-31(30(20)39-32)35-17-21-11-8-12-40(21)3/h6-7,9-10,14-16,21H,1,8,11-13,17H2,2-5H3,(H,35,37)(H,36,38,39). The molecular weight excluding hydrogens is 587 g/mol. The van der Waals surface area contributed by atoms with Crippen molar-refractivity contribution < 1.29 is 14.3 Å². The van der Waals surface area contributed by atoms with Crippen molar-refractivity contribution in [2.24, 2.45) is 0 Å². The first kappa shape index (κ1) is 30.5. The van der Waals surface area contributed by atoms with Crippen LogP contribution in [-0.4, -0.2) is 66.0 Å². The first-order chi connectivity index (χ1) is 20.7. The second kappa shape index (κ2) is 13.2. The summed E-state index contributed by atoms with van der Waals surface area (Å²) in [5, 5.41) is 8.26. The number of likely N-dealkylation sites (tertiary alicyclic amines) is 1. The average Bonchev–Trinajstić information content (AvgIpc) is 3.42. The van der Waals surface area contributed by atoms with Crippen LogP contribution in [-0.2, 0) is 11.2 Å². The summed E-state index contributed by atoms with van der Waals surface area (Å²) in [7, 11) is 5.20. The van der Waals surface area contributed by atoms with Crippen molar-refractivity contribution in [3.8, 4) is 22.8 Å². The summed E-state index contributed by atoms with van der Waals surface area (Å²) in [5.41, 5.74) is 4.22. The molecule has 9 nitrogen and oxygen atoms in total. The van der Waals surface area contributed by atoms with E-state index in [-0.39, 0.29) is 12.2 Å². The van der Waals surface area contributed by atoms with Crippen molar-refractivity contribution in [3.05, 3.63) is 70.4 Å². The van der Waals surface area contributed by atoms with Crippen molar-refractivity contribution in [1.29, 1.82) is 0 Å². The van der Waals surface area contributed by atoms with Gasteiger partial charge in [0, 0.05) is 47.9 Å². The summed E-state index contributed by atoms with van der Waals surface area (Å²) < 4.78 is 11.0. The molecule has 0 amide bonds. The maximum absolute atomic E-state index is 12.2. The highest BCUT2D eigenvalue weighted by molar-refractivity contribution is 6.41. The fraction of sp³-hybridized carbons (Fsp3) is 0.312. The third kappa shape index (κ3) is 6.39. The van der Waals surface area contributed by atoms with Gasteiger partial charge in [-0.15, -0.1) is 0 Å². The minimum atomic E-state index is -0.0697. The molecule has 43 heavy (non-hydrogen) atoms. The van der Waals surface area contributed by atoms with Gasteiger partial charge in [-0.05, 0) is 56.6 Å². The molecule has 3 heterocycles. The molecule has 0 bridgehead atoms. The molecule has 1 fully saturated rings. The van der Waals surface area contributed by atoms with Crippen LogP contribution in [0.5, 0.6) is 11.5 Å². The monoisotopic (exact) mass is 620 g/mol. The van der Waals surface area contributed by atoms with Gasteiger partial charge < -0.3 is 25.0 Å². The zero-order valence-electron chi connectivity index (χ0n) is 24.6. The number of aromatic nitrogens is 3. The highest BCUT2D eigenvalue weighted by Gasteiger charge is 2.24. The molecule has 0 radical (unpaired) electrons. The molecule has 0 aliphatic carbocycles. The van der Waals surface area contributed by atoms with E-state index in [2.05, 4.69) is 34.1 Å². The van der Waals surface area contributed by atoms with E-state index in [9.17, 15) is 4.79 Å². The SMILES string of the molecule is C=CC(=O)Cc1cccc(C)c1Nc1ncc2cc(-c3c(Cl)c(OC)cc(OC)c3Cl)nc(NCC3CCCN3C)c2n1. The molecule has 2 aromatic carbocycles. The van der Waals surface area contributed by atoms with Crippen LogP contribution in [0.15, 0.2) is 49.2 Å². The molecule has 2 N–H and O–H groups in total. The minimum Gasteiger partial charge on any atom is -0.495 e. The number of ether oxygens (including phenoxy) is 2. The van der Waals surface area contributed by atoms with Crippen LogP contribution in [0.25, 0.3) is 22.2 Å². The number of carbonyl (C=O) groups excluding carboxylic acids is 1. The number of benzene rings is 2. The van der Waals surface area contributed by atoms with E-state index >= 15 is 0 Å². The number of pyridine rings is 1. The minimum absolute atomic E-state index is 0.0697. The van der Waals surface area contributed by atoms with E-state index in [1.54, 1.807) is 12.3 Å². The Morgan fingerprint density at radius 1 is 1.16 bits per heavy atom. The summed E-state index contributed by atoms with van der Waals surface area (Å²) in [6.45, 7) is 7.31. The molecule has 0 saturated carbocycles. The number of nitrogens with zero attached hydrogens (tertiary/aromatic N) is 4. The van der Waals surface area contributed by atoms with Crippen molar-refractivity contribution in [3.63, 3.8) is 0 Å². The number of halogens is 2. The third-order valence-electron chi connectivity index (χ3n) is 7.76. The van der Waals surface area contributed by atoms with Gasteiger partial charge in [0.2, 0.25) is 5.95 Å². The van der Waals surface area contributed by atoms with Crippen LogP contribution in [0.2, 0.25) is 10.0 Å². The molecular formula is C32H34Cl2N6O3. The Labute approximate surface area is 261 Å². The Hall–Kier alpha value is -3.92. The van der Waals surface area contributed by atoms with Crippen LogP contribution < -0.4 is 20.1 Å². The molecule has 4 aromatic rings. The molecule has 5 rings (SSSR count). The number of ketones is 1. The lowest BCUT2D eigenvalue weighted by atomic mass is 10.0. The average molecular weight is 622 g/mol. The van der Waals surface area contributed by atoms with Gasteiger partial charge in [0.25, 0.3) is 0 Å². The van der Waals surface area contributed by atoms with Gasteiger partial charge in [0.15, 0.2) is 11.6 Å². The number of anilines is 3. The van der Waals surface area contributed by atoms with Gasteiger partial charge in [0.05, 0.1) is 30.0 Å². The summed E-state index contributed by atoms with van der Waals surface area (Å²) in [5.74, 6) is 1.71. The number of fused-ring (bicyclic) bond motifs is 1. The lowest BCUT2D eigenvalue weighted by Crippen LogP contribution is -2.31. The van der Waals surface area contributed by atoms with Crippen LogP contribution in [0.3, 0.4) is 0 Å². The highest BCUT2D eigenvalue weighted by Crippen LogP contribution is 2.46. The second-order valence-electron chi connectivity index (χ2n) is 10.5. The summed E-state index contributed by atoms with van der Waals surface area (Å²) in [6, 6.07) is 9.66. The van der Waals surface area contributed by atoms with Crippen molar-refractivity contribution >= 4 is 57.3 Å². The van der Waals surface area contributed by atoms with E-state index in [4.69, 9.17) is 42.6 Å². The molecule has 1 atom stereocenters. The number of nitrogens with one attached hydrogen (secondary N) is 2. The Bertz CT molecular complexity index is 1670. The topological polar surface area (TPSA) is 102 Å². The van der Waals surface area contributed by atoms with E-state index in [0.29, 0.717) is 62.7 Å². The number of allylic oxidation sites excluding steroid dienone is 1. The maximum atomic E-state index is 12.2. The molecule has 224 valence electrons. The van der Waals surface area contributed by atoms with Crippen molar-refractivity contribution in [2.45, 2.75) is 32.2 Å². The van der Waals surface area contributed by atoms with E-state index in [1.807, 2.05) is 31.2 Å². The lowest BCUT2D eigenvalue weighted by molar-refractivity contribution is -0.114. The van der Waals surface area contributed by atoms with Gasteiger partial charge in [-0.25, -0.2) is 15.0 Å². The highest BCUT2D eigenvalue weighted by atomic mass is 35.5. The fourth-order valence-electron chi connectivity index (χ4n) is 5.34. The predicted octanol–water partition coefficient (Wildman–Crippen LogP) is 6.87. The van der Waals surface area contributed by atoms with E-state index < -0.39 is 0 Å². The number of methoxy groups -OCH3 is 2. The Balaban J connectivity index is 1.61. The first-order valence-corrected chi connectivity index (χ1v) is 14.7. The van der Waals surface area contributed by atoms with Crippen LogP contribution >= 0.6 is 23.2 Å². The van der Waals surface area contributed by atoms with Gasteiger partial charge in [-0.2, -0.15) is 0 Å². The molecule has 0 spiro atoms. The number of likely N-dealkylation sites (N-methyl/N-ethyl adjacent to an activating group) is 1. The molecule has 1 aliphatic heterocycles. The molecule has 1 aliphatic rings. The Morgan fingerprint density at radius 2 is 1.91 bits per heavy atom.